The first-order valence-electron chi connectivity index (χ1n) is 7.77. The molecule has 10 heteroatoms. The van der Waals surface area contributed by atoms with E-state index < -0.39 is 15.8 Å². The molecule has 3 rings (SSSR count). The molecule has 1 amide bonds. The van der Waals surface area contributed by atoms with Crippen LogP contribution in [0.3, 0.4) is 0 Å². The highest BCUT2D eigenvalue weighted by molar-refractivity contribution is 8.01. The van der Waals surface area contributed by atoms with Crippen molar-refractivity contribution >= 4 is 60.6 Å². The highest BCUT2D eigenvalue weighted by Crippen LogP contribution is 2.31. The number of halogens is 1. The topological polar surface area (TPSA) is 88.2 Å². The number of hydrogen-bond acceptors (Lipinski definition) is 6. The molecule has 142 valence electrons. The molecule has 27 heavy (non-hydrogen) atoms. The van der Waals surface area contributed by atoms with Crippen LogP contribution in [0.1, 0.15) is 5.56 Å². The lowest BCUT2D eigenvalue weighted by Gasteiger charge is -2.07. The minimum absolute atomic E-state index is 0.129. The Morgan fingerprint density at radius 3 is 2.78 bits per heavy atom. The van der Waals surface area contributed by atoms with E-state index in [1.54, 1.807) is 31.2 Å². The van der Waals surface area contributed by atoms with Gasteiger partial charge in [0.2, 0.25) is 15.9 Å². The fraction of sp³-hybridized carbons (Fsp3) is 0.176. The molecule has 0 aliphatic heterocycles. The summed E-state index contributed by atoms with van der Waals surface area (Å²) >= 11 is 2.63. The molecule has 0 aliphatic carbocycles. The van der Waals surface area contributed by atoms with E-state index in [0.717, 1.165) is 22.0 Å². The number of aromatic nitrogens is 1. The Morgan fingerprint density at radius 1 is 1.26 bits per heavy atom. The lowest BCUT2D eigenvalue weighted by Crippen LogP contribution is -2.14. The molecule has 0 atom stereocenters. The fourth-order valence-electron chi connectivity index (χ4n) is 2.29. The van der Waals surface area contributed by atoms with Gasteiger partial charge in [-0.1, -0.05) is 17.8 Å². The summed E-state index contributed by atoms with van der Waals surface area (Å²) in [6, 6.07) is 9.29. The zero-order valence-corrected chi connectivity index (χ0v) is 16.9. The number of thiazole rings is 1. The summed E-state index contributed by atoms with van der Waals surface area (Å²) in [6.07, 6.45) is 1.09. The van der Waals surface area contributed by atoms with Crippen LogP contribution in [0.2, 0.25) is 0 Å². The average molecular weight is 426 g/mol. The lowest BCUT2D eigenvalue weighted by atomic mass is 10.2. The predicted octanol–water partition coefficient (Wildman–Crippen LogP) is 3.85. The normalized spacial score (nSPS) is 11.5. The first kappa shape index (κ1) is 19.6. The number of nitrogens with zero attached hydrogens (tertiary/aromatic N) is 1. The van der Waals surface area contributed by atoms with Gasteiger partial charge in [0, 0.05) is 5.69 Å². The van der Waals surface area contributed by atoms with Crippen LogP contribution in [-0.4, -0.2) is 31.3 Å². The van der Waals surface area contributed by atoms with Gasteiger partial charge >= 0.3 is 0 Å². The van der Waals surface area contributed by atoms with Crippen molar-refractivity contribution in [2.45, 2.75) is 11.3 Å². The van der Waals surface area contributed by atoms with Crippen LogP contribution in [0.4, 0.5) is 15.8 Å². The number of aryl methyl sites for hydroxylation is 1. The molecule has 0 unspecified atom stereocenters. The summed E-state index contributed by atoms with van der Waals surface area (Å²) in [5, 5.41) is 2.69. The number of thioether (sulfide) groups is 1. The molecule has 0 radical (unpaired) electrons. The zero-order valence-electron chi connectivity index (χ0n) is 14.4. The molecule has 0 bridgehead atoms. The van der Waals surface area contributed by atoms with Crippen LogP contribution in [-0.2, 0) is 14.8 Å². The minimum atomic E-state index is -3.35. The monoisotopic (exact) mass is 425 g/mol. The largest absolute Gasteiger partial charge is 0.325 e. The third kappa shape index (κ3) is 5.41. The number of fused-ring (bicyclic) bond motifs is 1. The van der Waals surface area contributed by atoms with E-state index in [2.05, 4.69) is 15.0 Å². The SMILES string of the molecule is Cc1ccc(F)cc1NC(=O)CSc1nc2ccc(NS(C)(=O)=O)cc2s1. The van der Waals surface area contributed by atoms with Crippen molar-refractivity contribution in [3.63, 3.8) is 0 Å². The highest BCUT2D eigenvalue weighted by atomic mass is 32.2. The van der Waals surface area contributed by atoms with Gasteiger partial charge in [0.15, 0.2) is 4.34 Å². The van der Waals surface area contributed by atoms with Crippen molar-refractivity contribution in [2.75, 3.05) is 22.0 Å². The van der Waals surface area contributed by atoms with Gasteiger partial charge in [-0.15, -0.1) is 11.3 Å². The summed E-state index contributed by atoms with van der Waals surface area (Å²) < 4.78 is 39.9. The molecule has 0 saturated carbocycles. The van der Waals surface area contributed by atoms with Crippen molar-refractivity contribution in [2.24, 2.45) is 0 Å². The van der Waals surface area contributed by atoms with Gasteiger partial charge in [-0.2, -0.15) is 0 Å². The minimum Gasteiger partial charge on any atom is -0.325 e. The molecular formula is C17H16FN3O3S3. The van der Waals surface area contributed by atoms with Crippen molar-refractivity contribution in [3.8, 4) is 0 Å². The number of amides is 1. The molecule has 0 fully saturated rings. The lowest BCUT2D eigenvalue weighted by molar-refractivity contribution is -0.113. The number of benzene rings is 2. The Hall–Kier alpha value is -2.17. The van der Waals surface area contributed by atoms with Crippen LogP contribution in [0, 0.1) is 12.7 Å². The van der Waals surface area contributed by atoms with Crippen molar-refractivity contribution in [1.29, 1.82) is 0 Å². The summed E-state index contributed by atoms with van der Waals surface area (Å²) in [7, 11) is -3.35. The molecule has 0 spiro atoms. The number of hydrogen-bond donors (Lipinski definition) is 2. The molecule has 2 N–H and O–H groups in total. The van der Waals surface area contributed by atoms with Gasteiger partial charge in [-0.25, -0.2) is 17.8 Å². The number of carbonyl (C=O) groups is 1. The van der Waals surface area contributed by atoms with E-state index in [1.807, 2.05) is 0 Å². The van der Waals surface area contributed by atoms with E-state index in [9.17, 15) is 17.6 Å². The first-order chi connectivity index (χ1) is 12.7. The number of sulfonamides is 1. The van der Waals surface area contributed by atoms with Gasteiger partial charge in [0.25, 0.3) is 0 Å². The zero-order chi connectivity index (χ0) is 19.6. The highest BCUT2D eigenvalue weighted by Gasteiger charge is 2.11. The second kappa shape index (κ2) is 7.83. The Morgan fingerprint density at radius 2 is 2.04 bits per heavy atom. The second-order valence-electron chi connectivity index (χ2n) is 5.83. The van der Waals surface area contributed by atoms with E-state index in [0.29, 0.717) is 15.7 Å². The van der Waals surface area contributed by atoms with Crippen LogP contribution >= 0.6 is 23.1 Å². The van der Waals surface area contributed by atoms with Crippen LogP contribution in [0.25, 0.3) is 10.2 Å². The predicted molar refractivity (Wildman–Crippen MR) is 109 cm³/mol. The maximum Gasteiger partial charge on any atom is 0.234 e. The molecule has 3 aromatic rings. The van der Waals surface area contributed by atoms with Gasteiger partial charge in [0.05, 0.1) is 27.9 Å². The van der Waals surface area contributed by atoms with Gasteiger partial charge in [0.1, 0.15) is 5.82 Å². The quantitative estimate of drug-likeness (QED) is 0.586. The van der Waals surface area contributed by atoms with Crippen LogP contribution in [0.15, 0.2) is 40.7 Å². The fourth-order valence-corrected chi connectivity index (χ4v) is 4.75. The Labute approximate surface area is 164 Å². The van der Waals surface area contributed by atoms with Crippen LogP contribution in [0.5, 0.6) is 0 Å². The summed E-state index contributed by atoms with van der Waals surface area (Å²) in [5.74, 6) is -0.537. The summed E-state index contributed by atoms with van der Waals surface area (Å²) in [6.45, 7) is 1.79. The molecule has 1 aromatic heterocycles. The molecule has 2 aromatic carbocycles. The van der Waals surface area contributed by atoms with E-state index >= 15 is 0 Å². The Balaban J connectivity index is 1.66. The first-order valence-corrected chi connectivity index (χ1v) is 11.5. The summed E-state index contributed by atoms with van der Waals surface area (Å²) in [5.41, 5.74) is 2.41. The van der Waals surface area contributed by atoms with Gasteiger partial charge < -0.3 is 5.32 Å². The standard InChI is InChI=1S/C17H16FN3O3S3/c1-10-3-4-11(18)7-14(10)19-16(22)9-25-17-20-13-6-5-12(8-15(13)26-17)21-27(2,23)24/h3-8,21H,9H2,1-2H3,(H,19,22). The third-order valence-corrected chi connectivity index (χ3v) is 6.24. The van der Waals surface area contributed by atoms with Gasteiger partial charge in [-0.3, -0.25) is 9.52 Å². The Kier molecular flexibility index (Phi) is 5.68. The van der Waals surface area contributed by atoms with E-state index in [1.165, 1.54) is 35.2 Å². The van der Waals surface area contributed by atoms with Crippen LogP contribution < -0.4 is 10.0 Å². The van der Waals surface area contributed by atoms with Gasteiger partial charge in [-0.05, 0) is 42.8 Å². The summed E-state index contributed by atoms with van der Waals surface area (Å²) in [4.78, 5) is 16.5. The average Bonchev–Trinajstić information content (AvgIpc) is 2.97. The molecule has 1 heterocycles. The Bertz CT molecular complexity index is 1110. The van der Waals surface area contributed by atoms with E-state index in [-0.39, 0.29) is 11.7 Å². The van der Waals surface area contributed by atoms with Crippen molar-refractivity contribution in [1.82, 2.24) is 4.98 Å². The maximum absolute atomic E-state index is 13.3. The third-order valence-electron chi connectivity index (χ3n) is 3.47. The number of anilines is 2. The number of carbonyl (C=O) groups excluding carboxylic acids is 1. The van der Waals surface area contributed by atoms with E-state index in [4.69, 9.17) is 0 Å². The van der Waals surface area contributed by atoms with Crippen molar-refractivity contribution < 1.29 is 17.6 Å². The maximum atomic E-state index is 13.3. The second-order valence-corrected chi connectivity index (χ2v) is 9.83. The molecular weight excluding hydrogens is 409 g/mol. The molecule has 0 saturated heterocycles. The van der Waals surface area contributed by atoms with Crippen molar-refractivity contribution in [3.05, 3.63) is 47.8 Å². The molecule has 6 nitrogen and oxygen atoms in total. The smallest absolute Gasteiger partial charge is 0.234 e. The number of rotatable bonds is 6. The molecule has 0 aliphatic rings. The number of nitrogens with one attached hydrogen (secondary N) is 2.